The van der Waals surface area contributed by atoms with Gasteiger partial charge in [-0.2, -0.15) is 0 Å². The Hall–Kier alpha value is -1.95. The molecule has 1 aromatic carbocycles. The summed E-state index contributed by atoms with van der Waals surface area (Å²) < 4.78 is 16.3. The van der Waals surface area contributed by atoms with Crippen LogP contribution in [0.4, 0.5) is 5.69 Å². The highest BCUT2D eigenvalue weighted by Crippen LogP contribution is 2.40. The molecule has 0 bridgehead atoms. The highest BCUT2D eigenvalue weighted by molar-refractivity contribution is 5.93. The van der Waals surface area contributed by atoms with E-state index >= 15 is 0 Å². The molecule has 0 atom stereocenters. The zero-order valence-electron chi connectivity index (χ0n) is 16.6. The number of ether oxygens (including phenoxy) is 3. The van der Waals surface area contributed by atoms with Crippen LogP contribution in [0.25, 0.3) is 0 Å². The quantitative estimate of drug-likeness (QED) is 0.518. The minimum atomic E-state index is 0.310. The van der Waals surface area contributed by atoms with Crippen molar-refractivity contribution in [3.63, 3.8) is 0 Å². The van der Waals surface area contributed by atoms with Crippen molar-refractivity contribution in [3.8, 4) is 11.5 Å². The molecule has 2 rings (SSSR count). The van der Waals surface area contributed by atoms with Gasteiger partial charge < -0.3 is 24.8 Å². The van der Waals surface area contributed by atoms with Gasteiger partial charge in [0.25, 0.3) is 0 Å². The van der Waals surface area contributed by atoms with Crippen molar-refractivity contribution in [3.05, 3.63) is 18.2 Å². The van der Waals surface area contributed by atoms with Gasteiger partial charge in [0.05, 0.1) is 13.7 Å². The third kappa shape index (κ3) is 5.53. The second-order valence-electron chi connectivity index (χ2n) is 6.80. The van der Waals surface area contributed by atoms with Crippen LogP contribution < -0.4 is 20.1 Å². The molecular weight excluding hydrogens is 330 g/mol. The fourth-order valence-electron chi connectivity index (χ4n) is 3.57. The number of methoxy groups -OCH3 is 2. The number of guanidine groups is 1. The van der Waals surface area contributed by atoms with Crippen molar-refractivity contribution >= 4 is 11.6 Å². The van der Waals surface area contributed by atoms with Crippen LogP contribution in [0.3, 0.4) is 0 Å². The average Bonchev–Trinajstić information content (AvgIpc) is 3.13. The Bertz CT molecular complexity index is 584. The van der Waals surface area contributed by atoms with Gasteiger partial charge in [-0.25, -0.2) is 0 Å². The largest absolute Gasteiger partial charge is 0.493 e. The molecule has 26 heavy (non-hydrogen) atoms. The van der Waals surface area contributed by atoms with Crippen LogP contribution in [0.2, 0.25) is 0 Å². The van der Waals surface area contributed by atoms with E-state index in [2.05, 4.69) is 15.6 Å². The summed E-state index contributed by atoms with van der Waals surface area (Å²) in [6.07, 6.45) is 6.18. The molecule has 0 heterocycles. The summed E-state index contributed by atoms with van der Waals surface area (Å²) in [4.78, 5) is 4.37. The predicted octanol–water partition coefficient (Wildman–Crippen LogP) is 3.68. The van der Waals surface area contributed by atoms with E-state index in [-0.39, 0.29) is 0 Å². The molecule has 0 saturated heterocycles. The monoisotopic (exact) mass is 363 g/mol. The van der Waals surface area contributed by atoms with E-state index in [4.69, 9.17) is 14.2 Å². The molecule has 2 N–H and O–H groups in total. The van der Waals surface area contributed by atoms with Gasteiger partial charge in [-0.3, -0.25) is 4.99 Å². The molecule has 1 aliphatic carbocycles. The highest BCUT2D eigenvalue weighted by Gasteiger charge is 2.33. The number of benzene rings is 1. The van der Waals surface area contributed by atoms with Gasteiger partial charge in [0, 0.05) is 39.1 Å². The van der Waals surface area contributed by atoms with E-state index in [0.29, 0.717) is 12.0 Å². The lowest BCUT2D eigenvalue weighted by molar-refractivity contribution is 0.138. The summed E-state index contributed by atoms with van der Waals surface area (Å²) >= 11 is 0. The number of aliphatic imine (C=N–C) groups is 1. The minimum Gasteiger partial charge on any atom is -0.493 e. The van der Waals surface area contributed by atoms with Crippen molar-refractivity contribution in [2.75, 3.05) is 46.3 Å². The van der Waals surface area contributed by atoms with Crippen molar-refractivity contribution in [2.45, 2.75) is 39.0 Å². The van der Waals surface area contributed by atoms with Crippen molar-refractivity contribution in [1.82, 2.24) is 5.32 Å². The van der Waals surface area contributed by atoms with E-state index in [1.54, 1.807) is 21.3 Å². The van der Waals surface area contributed by atoms with Crippen LogP contribution in [-0.4, -0.2) is 47.0 Å². The first-order valence-corrected chi connectivity index (χ1v) is 9.44. The molecular formula is C20H33N3O3. The molecule has 1 fully saturated rings. The molecule has 6 heteroatoms. The van der Waals surface area contributed by atoms with Gasteiger partial charge in [0.1, 0.15) is 0 Å². The zero-order valence-corrected chi connectivity index (χ0v) is 16.6. The summed E-state index contributed by atoms with van der Waals surface area (Å²) in [6.45, 7) is 4.27. The Balaban J connectivity index is 1.99. The van der Waals surface area contributed by atoms with Crippen LogP contribution in [0.5, 0.6) is 11.5 Å². The van der Waals surface area contributed by atoms with Gasteiger partial charge in [-0.05, 0) is 43.7 Å². The van der Waals surface area contributed by atoms with Crippen LogP contribution in [0.15, 0.2) is 23.2 Å². The molecule has 6 nitrogen and oxygen atoms in total. The Labute approximate surface area is 157 Å². The molecule has 0 aromatic heterocycles. The second-order valence-corrected chi connectivity index (χ2v) is 6.80. The molecule has 0 spiro atoms. The topological polar surface area (TPSA) is 64.1 Å². The van der Waals surface area contributed by atoms with Crippen LogP contribution >= 0.6 is 0 Å². The number of anilines is 1. The summed E-state index contributed by atoms with van der Waals surface area (Å²) in [6, 6.07) is 5.80. The molecule has 0 radical (unpaired) electrons. The molecule has 0 unspecified atom stereocenters. The van der Waals surface area contributed by atoms with Gasteiger partial charge in [0.2, 0.25) is 0 Å². The summed E-state index contributed by atoms with van der Waals surface area (Å²) in [5.74, 6) is 2.22. The van der Waals surface area contributed by atoms with E-state index in [9.17, 15) is 0 Å². The maximum Gasteiger partial charge on any atom is 0.195 e. The van der Waals surface area contributed by atoms with Gasteiger partial charge in [-0.1, -0.05) is 12.8 Å². The lowest BCUT2D eigenvalue weighted by Crippen LogP contribution is -2.40. The van der Waals surface area contributed by atoms with E-state index in [1.165, 1.54) is 25.7 Å². The fourth-order valence-corrected chi connectivity index (χ4v) is 3.57. The third-order valence-electron chi connectivity index (χ3n) is 5.08. The summed E-state index contributed by atoms with van der Waals surface area (Å²) in [7, 11) is 5.21. The molecule has 1 saturated carbocycles. The number of hydrogen-bond acceptors (Lipinski definition) is 4. The lowest BCUT2D eigenvalue weighted by atomic mass is 9.83. The maximum absolute atomic E-state index is 5.65. The Morgan fingerprint density at radius 2 is 1.96 bits per heavy atom. The summed E-state index contributed by atoms with van der Waals surface area (Å²) in [5.41, 5.74) is 1.23. The molecule has 146 valence electrons. The Kier molecular flexibility index (Phi) is 8.04. The van der Waals surface area contributed by atoms with E-state index < -0.39 is 0 Å². The first kappa shape index (κ1) is 20.4. The number of nitrogens with one attached hydrogen (secondary N) is 2. The van der Waals surface area contributed by atoms with Gasteiger partial charge in [0.15, 0.2) is 17.5 Å². The second kappa shape index (κ2) is 10.3. The summed E-state index contributed by atoms with van der Waals surface area (Å²) in [5, 5.41) is 6.85. The first-order valence-electron chi connectivity index (χ1n) is 9.44. The van der Waals surface area contributed by atoms with Crippen LogP contribution in [0.1, 0.15) is 39.0 Å². The van der Waals surface area contributed by atoms with E-state index in [1.807, 2.05) is 25.1 Å². The normalized spacial score (nSPS) is 16.4. The third-order valence-corrected chi connectivity index (χ3v) is 5.08. The first-order chi connectivity index (χ1) is 12.7. The zero-order chi connectivity index (χ0) is 18.8. The Morgan fingerprint density at radius 1 is 1.19 bits per heavy atom. The smallest absolute Gasteiger partial charge is 0.195 e. The maximum atomic E-state index is 5.65. The fraction of sp³-hybridized carbons (Fsp3) is 0.650. The molecule has 0 aliphatic heterocycles. The molecule has 1 aromatic rings. The van der Waals surface area contributed by atoms with Crippen LogP contribution in [-0.2, 0) is 4.74 Å². The molecule has 0 amide bonds. The minimum absolute atomic E-state index is 0.310. The van der Waals surface area contributed by atoms with Gasteiger partial charge >= 0.3 is 0 Å². The van der Waals surface area contributed by atoms with Gasteiger partial charge in [-0.15, -0.1) is 0 Å². The van der Waals surface area contributed by atoms with Crippen molar-refractivity contribution < 1.29 is 14.2 Å². The van der Waals surface area contributed by atoms with Crippen LogP contribution in [0, 0.1) is 5.41 Å². The number of rotatable bonds is 9. The van der Waals surface area contributed by atoms with Crippen molar-refractivity contribution in [1.29, 1.82) is 0 Å². The number of nitrogens with zero attached hydrogens (tertiary/aromatic N) is 1. The predicted molar refractivity (Wildman–Crippen MR) is 107 cm³/mol. The van der Waals surface area contributed by atoms with E-state index in [0.717, 1.165) is 42.7 Å². The highest BCUT2D eigenvalue weighted by atomic mass is 16.5. The lowest BCUT2D eigenvalue weighted by Gasteiger charge is -2.30. The Morgan fingerprint density at radius 3 is 2.58 bits per heavy atom. The molecule has 1 aliphatic rings. The van der Waals surface area contributed by atoms with Crippen molar-refractivity contribution in [2.24, 2.45) is 10.4 Å². The standard InChI is InChI=1S/C20H33N3O3/c1-5-26-18-14-16(8-9-17(18)25-4)23-19(21-2)22-15-20(12-13-24-3)10-6-7-11-20/h8-9,14H,5-7,10-13,15H2,1-4H3,(H2,21,22,23). The number of hydrogen-bond donors (Lipinski definition) is 2. The SMILES string of the molecule is CCOc1cc(NC(=NC)NCC2(CCOC)CCCC2)ccc1OC. The average molecular weight is 364 g/mol.